The fourth-order valence-electron chi connectivity index (χ4n) is 1.07. The van der Waals surface area contributed by atoms with E-state index in [2.05, 4.69) is 10.2 Å². The highest BCUT2D eigenvalue weighted by molar-refractivity contribution is 7.13. The van der Waals surface area contributed by atoms with Gasteiger partial charge in [0.05, 0.1) is 0 Å². The van der Waals surface area contributed by atoms with Crippen LogP contribution in [-0.4, -0.2) is 10.2 Å². The molecule has 2 N–H and O–H groups in total. The van der Waals surface area contributed by atoms with E-state index in [-0.39, 0.29) is 0 Å². The van der Waals surface area contributed by atoms with Gasteiger partial charge in [0.1, 0.15) is 10.8 Å². The highest BCUT2D eigenvalue weighted by Gasteiger charge is 2.04. The van der Waals surface area contributed by atoms with Gasteiger partial charge >= 0.3 is 0 Å². The summed E-state index contributed by atoms with van der Waals surface area (Å²) < 4.78 is 5.51. The summed E-state index contributed by atoms with van der Waals surface area (Å²) in [6.07, 6.45) is 0. The van der Waals surface area contributed by atoms with Gasteiger partial charge in [0, 0.05) is 6.54 Å². The molecule has 0 atom stereocenters. The zero-order valence-electron chi connectivity index (χ0n) is 8.30. The third-order valence-corrected chi connectivity index (χ3v) is 2.67. The largest absolute Gasteiger partial charge is 0.430 e. The molecular weight excluding hydrogens is 210 g/mol. The maximum absolute atomic E-state index is 5.51. The van der Waals surface area contributed by atoms with Crippen molar-refractivity contribution in [2.24, 2.45) is 5.73 Å². The van der Waals surface area contributed by atoms with E-state index in [1.54, 1.807) is 0 Å². The van der Waals surface area contributed by atoms with E-state index in [0.29, 0.717) is 11.7 Å². The molecule has 0 spiro atoms. The second-order valence-electron chi connectivity index (χ2n) is 3.08. The molecule has 0 saturated heterocycles. The Hall–Kier alpha value is -1.46. The molecule has 4 nitrogen and oxygen atoms in total. The lowest BCUT2D eigenvalue weighted by molar-refractivity contribution is 0.473. The zero-order chi connectivity index (χ0) is 10.7. The van der Waals surface area contributed by atoms with Crippen LogP contribution < -0.4 is 10.5 Å². The molecule has 0 aliphatic heterocycles. The van der Waals surface area contributed by atoms with E-state index in [4.69, 9.17) is 10.5 Å². The number of aromatic nitrogens is 2. The van der Waals surface area contributed by atoms with Crippen molar-refractivity contribution in [3.8, 4) is 10.9 Å². The molecule has 0 aliphatic carbocycles. The molecule has 0 unspecified atom stereocenters. The number of nitrogens with two attached hydrogens (primary N) is 1. The van der Waals surface area contributed by atoms with Crippen molar-refractivity contribution in [3.05, 3.63) is 34.8 Å². The van der Waals surface area contributed by atoms with Crippen molar-refractivity contribution < 1.29 is 4.74 Å². The molecular formula is C10H11N3OS. The Balaban J connectivity index is 2.11. The first kappa shape index (κ1) is 10.1. The molecule has 0 radical (unpaired) electrons. The number of hydrogen-bond donors (Lipinski definition) is 1. The van der Waals surface area contributed by atoms with Crippen LogP contribution in [0.4, 0.5) is 0 Å². The van der Waals surface area contributed by atoms with Gasteiger partial charge in [0.25, 0.3) is 5.19 Å². The van der Waals surface area contributed by atoms with Gasteiger partial charge in [-0.1, -0.05) is 34.1 Å². The van der Waals surface area contributed by atoms with Crippen molar-refractivity contribution in [1.82, 2.24) is 10.2 Å². The lowest BCUT2D eigenvalue weighted by Crippen LogP contribution is -1.94. The van der Waals surface area contributed by atoms with Gasteiger partial charge in [-0.2, -0.15) is 0 Å². The maximum Gasteiger partial charge on any atom is 0.299 e. The molecule has 2 aromatic rings. The Morgan fingerprint density at radius 1 is 1.27 bits per heavy atom. The van der Waals surface area contributed by atoms with Gasteiger partial charge in [-0.25, -0.2) is 0 Å². The first-order valence-electron chi connectivity index (χ1n) is 4.55. The molecule has 5 heteroatoms. The lowest BCUT2D eigenvalue weighted by atomic mass is 10.2. The van der Waals surface area contributed by atoms with Crippen molar-refractivity contribution >= 4 is 11.3 Å². The van der Waals surface area contributed by atoms with Gasteiger partial charge < -0.3 is 10.5 Å². The molecule has 1 heterocycles. The quantitative estimate of drug-likeness (QED) is 0.862. The van der Waals surface area contributed by atoms with Crippen LogP contribution in [0.25, 0.3) is 0 Å². The van der Waals surface area contributed by atoms with Crippen LogP contribution in [0.1, 0.15) is 10.6 Å². The molecule has 0 saturated carbocycles. The van der Waals surface area contributed by atoms with Gasteiger partial charge in [-0.05, 0) is 19.1 Å². The molecule has 15 heavy (non-hydrogen) atoms. The predicted octanol–water partition coefficient (Wildman–Crippen LogP) is 2.10. The van der Waals surface area contributed by atoms with E-state index in [0.717, 1.165) is 10.8 Å². The normalized spacial score (nSPS) is 10.3. The van der Waals surface area contributed by atoms with Crippen molar-refractivity contribution in [3.63, 3.8) is 0 Å². The van der Waals surface area contributed by atoms with Crippen molar-refractivity contribution in [1.29, 1.82) is 0 Å². The summed E-state index contributed by atoms with van der Waals surface area (Å²) in [5.41, 5.74) is 6.63. The smallest absolute Gasteiger partial charge is 0.299 e. The lowest BCUT2D eigenvalue weighted by Gasteiger charge is -2.00. The van der Waals surface area contributed by atoms with E-state index in [1.807, 2.05) is 31.2 Å². The Morgan fingerprint density at radius 2 is 2.00 bits per heavy atom. The fraction of sp³-hybridized carbons (Fsp3) is 0.200. The summed E-state index contributed by atoms with van der Waals surface area (Å²) in [5.74, 6) is 0.764. The Kier molecular flexibility index (Phi) is 2.94. The van der Waals surface area contributed by atoms with Crippen LogP contribution in [-0.2, 0) is 6.54 Å². The highest BCUT2D eigenvalue weighted by atomic mass is 32.1. The van der Waals surface area contributed by atoms with Gasteiger partial charge in [-0.3, -0.25) is 0 Å². The van der Waals surface area contributed by atoms with Gasteiger partial charge in [0.2, 0.25) is 0 Å². The summed E-state index contributed by atoms with van der Waals surface area (Å²) in [6, 6.07) is 7.78. The minimum Gasteiger partial charge on any atom is -0.430 e. The average Bonchev–Trinajstić information content (AvgIpc) is 2.69. The fourth-order valence-corrected chi connectivity index (χ4v) is 1.66. The van der Waals surface area contributed by atoms with Crippen LogP contribution in [0.5, 0.6) is 10.9 Å². The molecule has 1 aromatic carbocycles. The van der Waals surface area contributed by atoms with E-state index < -0.39 is 0 Å². The molecule has 2 rings (SSSR count). The second-order valence-corrected chi connectivity index (χ2v) is 4.11. The van der Waals surface area contributed by atoms with Crippen molar-refractivity contribution in [2.75, 3.05) is 0 Å². The summed E-state index contributed by atoms with van der Waals surface area (Å²) in [6.45, 7) is 2.43. The zero-order valence-corrected chi connectivity index (χ0v) is 9.12. The monoisotopic (exact) mass is 221 g/mol. The second kappa shape index (κ2) is 4.37. The number of aryl methyl sites for hydroxylation is 1. The number of benzene rings is 1. The maximum atomic E-state index is 5.51. The standard InChI is InChI=1S/C10H11N3OS/c1-7-2-4-8(5-3-7)14-10-13-12-9(6-11)15-10/h2-5H,6,11H2,1H3. The number of ether oxygens (including phenoxy) is 1. The number of hydrogen-bond acceptors (Lipinski definition) is 5. The number of rotatable bonds is 3. The summed E-state index contributed by atoms with van der Waals surface area (Å²) >= 11 is 1.36. The third-order valence-electron chi connectivity index (χ3n) is 1.85. The Bertz CT molecular complexity index is 438. The van der Waals surface area contributed by atoms with Crippen LogP contribution in [0.15, 0.2) is 24.3 Å². The van der Waals surface area contributed by atoms with Crippen LogP contribution in [0.2, 0.25) is 0 Å². The SMILES string of the molecule is Cc1ccc(Oc2nnc(CN)s2)cc1. The molecule has 78 valence electrons. The van der Waals surface area contributed by atoms with Crippen LogP contribution in [0, 0.1) is 6.92 Å². The number of nitrogens with zero attached hydrogens (tertiary/aromatic N) is 2. The molecule has 1 aromatic heterocycles. The van der Waals surface area contributed by atoms with E-state index in [9.17, 15) is 0 Å². The Morgan fingerprint density at radius 3 is 2.60 bits per heavy atom. The predicted molar refractivity (Wildman–Crippen MR) is 59.1 cm³/mol. The minimum absolute atomic E-state index is 0.398. The first-order chi connectivity index (χ1) is 7.28. The summed E-state index contributed by atoms with van der Waals surface area (Å²) in [7, 11) is 0. The van der Waals surface area contributed by atoms with Crippen LogP contribution in [0.3, 0.4) is 0 Å². The third kappa shape index (κ3) is 2.51. The van der Waals surface area contributed by atoms with E-state index >= 15 is 0 Å². The van der Waals surface area contributed by atoms with Gasteiger partial charge in [0.15, 0.2) is 0 Å². The van der Waals surface area contributed by atoms with E-state index in [1.165, 1.54) is 16.9 Å². The summed E-state index contributed by atoms with van der Waals surface area (Å²) in [4.78, 5) is 0. The molecule has 0 amide bonds. The Labute approximate surface area is 91.7 Å². The van der Waals surface area contributed by atoms with Crippen LogP contribution >= 0.6 is 11.3 Å². The summed E-state index contributed by atoms with van der Waals surface area (Å²) in [5, 5.41) is 9.04. The molecule has 0 bridgehead atoms. The topological polar surface area (TPSA) is 61.0 Å². The minimum atomic E-state index is 0.398. The molecule has 0 aliphatic rings. The average molecular weight is 221 g/mol. The van der Waals surface area contributed by atoms with Crippen molar-refractivity contribution in [2.45, 2.75) is 13.5 Å². The highest BCUT2D eigenvalue weighted by Crippen LogP contribution is 2.24. The molecule has 0 fully saturated rings. The van der Waals surface area contributed by atoms with Gasteiger partial charge in [-0.15, -0.1) is 5.10 Å². The first-order valence-corrected chi connectivity index (χ1v) is 5.36.